The van der Waals surface area contributed by atoms with Crippen molar-refractivity contribution in [3.8, 4) is 5.75 Å². The number of benzene rings is 2. The molecule has 2 aliphatic heterocycles. The number of carbonyl (C=O) groups excluding carboxylic acids is 1. The lowest BCUT2D eigenvalue weighted by Gasteiger charge is -2.39. The minimum absolute atomic E-state index is 0.0804. The first kappa shape index (κ1) is 21.8. The molecule has 0 bridgehead atoms. The van der Waals surface area contributed by atoms with Gasteiger partial charge in [-0.05, 0) is 43.7 Å². The summed E-state index contributed by atoms with van der Waals surface area (Å²) in [5, 5.41) is 0. The number of piperazine rings is 1. The lowest BCUT2D eigenvalue weighted by Crippen LogP contribution is -2.52. The Morgan fingerprint density at radius 3 is 2.67 bits per heavy atom. The summed E-state index contributed by atoms with van der Waals surface area (Å²) in [6, 6.07) is 16.4. The zero-order valence-electron chi connectivity index (χ0n) is 19.6. The number of fused-ring (bicyclic) bond motifs is 1. The van der Waals surface area contributed by atoms with Gasteiger partial charge in [0.2, 0.25) is 5.91 Å². The third kappa shape index (κ3) is 4.55. The number of likely N-dealkylation sites (tertiary alicyclic amines) is 1. The summed E-state index contributed by atoms with van der Waals surface area (Å²) in [6.07, 6.45) is 2.04. The molecule has 2 aromatic carbocycles. The van der Waals surface area contributed by atoms with Crippen LogP contribution in [-0.4, -0.2) is 71.6 Å². The second-order valence-electron chi connectivity index (χ2n) is 9.16. The molecule has 5 rings (SSSR count). The summed E-state index contributed by atoms with van der Waals surface area (Å²) in [7, 11) is 3.78. The number of aromatic nitrogens is 2. The average molecular weight is 448 g/mol. The Morgan fingerprint density at radius 2 is 1.88 bits per heavy atom. The number of hydrogen-bond donors (Lipinski definition) is 0. The van der Waals surface area contributed by atoms with E-state index in [1.165, 1.54) is 0 Å². The van der Waals surface area contributed by atoms with E-state index >= 15 is 0 Å². The molecular formula is C26H33N5O2. The van der Waals surface area contributed by atoms with Gasteiger partial charge in [0.1, 0.15) is 11.6 Å². The Bertz CT molecular complexity index is 1120. The number of ether oxygens (including phenoxy) is 1. The fraction of sp³-hybridized carbons (Fsp3) is 0.462. The van der Waals surface area contributed by atoms with Crippen LogP contribution in [0.25, 0.3) is 11.0 Å². The molecule has 7 nitrogen and oxygen atoms in total. The summed E-state index contributed by atoms with van der Waals surface area (Å²) < 4.78 is 7.54. The Morgan fingerprint density at radius 1 is 1.06 bits per heavy atom. The van der Waals surface area contributed by atoms with E-state index in [-0.39, 0.29) is 5.92 Å². The fourth-order valence-corrected chi connectivity index (χ4v) is 5.19. The highest BCUT2D eigenvalue weighted by Gasteiger charge is 2.31. The standard InChI is InChI=1S/C26H33N5O2/c1-28-24-11-4-3-10-23(24)27-25(28)19-29-12-6-7-20(18-29)26(32)31-15-13-30(14-16-31)21-8-5-9-22(17-21)33-2/h3-5,8-11,17,20H,6-7,12-16,18-19H2,1-2H3/t20-/m0/s1. The Kier molecular flexibility index (Phi) is 6.22. The van der Waals surface area contributed by atoms with Crippen LogP contribution in [0.2, 0.25) is 0 Å². The van der Waals surface area contributed by atoms with Crippen LogP contribution < -0.4 is 9.64 Å². The van der Waals surface area contributed by atoms with Crippen LogP contribution in [0.4, 0.5) is 5.69 Å². The van der Waals surface area contributed by atoms with Crippen molar-refractivity contribution in [3.63, 3.8) is 0 Å². The number of aryl methyl sites for hydroxylation is 1. The summed E-state index contributed by atoms with van der Waals surface area (Å²) >= 11 is 0. The van der Waals surface area contributed by atoms with Gasteiger partial charge < -0.3 is 19.1 Å². The van der Waals surface area contributed by atoms with Crippen molar-refractivity contribution >= 4 is 22.6 Å². The molecule has 1 aromatic heterocycles. The molecule has 174 valence electrons. The van der Waals surface area contributed by atoms with Crippen LogP contribution in [0.5, 0.6) is 5.75 Å². The summed E-state index contributed by atoms with van der Waals surface area (Å²) in [4.78, 5) is 25.0. The van der Waals surface area contributed by atoms with E-state index < -0.39 is 0 Å². The highest BCUT2D eigenvalue weighted by molar-refractivity contribution is 5.79. The minimum Gasteiger partial charge on any atom is -0.497 e. The third-order valence-electron chi connectivity index (χ3n) is 7.11. The molecule has 0 N–H and O–H groups in total. The van der Waals surface area contributed by atoms with Crippen LogP contribution in [0.15, 0.2) is 48.5 Å². The Hall–Kier alpha value is -3.06. The van der Waals surface area contributed by atoms with Gasteiger partial charge in [0.15, 0.2) is 0 Å². The highest BCUT2D eigenvalue weighted by Crippen LogP contribution is 2.25. The first-order chi connectivity index (χ1) is 16.1. The quantitative estimate of drug-likeness (QED) is 0.602. The maximum Gasteiger partial charge on any atom is 0.227 e. The van der Waals surface area contributed by atoms with Crippen molar-refractivity contribution in [1.82, 2.24) is 19.4 Å². The van der Waals surface area contributed by atoms with Gasteiger partial charge in [-0.25, -0.2) is 4.98 Å². The maximum absolute atomic E-state index is 13.3. The van der Waals surface area contributed by atoms with Gasteiger partial charge in [-0.2, -0.15) is 0 Å². The fourth-order valence-electron chi connectivity index (χ4n) is 5.19. The number of rotatable bonds is 5. The number of carbonyl (C=O) groups is 1. The van der Waals surface area contributed by atoms with Gasteiger partial charge in [0.05, 0.1) is 30.6 Å². The molecular weight excluding hydrogens is 414 g/mol. The first-order valence-electron chi connectivity index (χ1n) is 11.9. The number of hydrogen-bond acceptors (Lipinski definition) is 5. The van der Waals surface area contributed by atoms with Crippen molar-refractivity contribution < 1.29 is 9.53 Å². The van der Waals surface area contributed by atoms with E-state index in [0.717, 1.165) is 86.9 Å². The third-order valence-corrected chi connectivity index (χ3v) is 7.11. The predicted octanol–water partition coefficient (Wildman–Crippen LogP) is 3.14. The number of para-hydroxylation sites is 2. The van der Waals surface area contributed by atoms with Crippen molar-refractivity contribution in [2.45, 2.75) is 19.4 Å². The van der Waals surface area contributed by atoms with E-state index in [1.54, 1.807) is 7.11 Å². The normalized spacial score (nSPS) is 19.8. The number of piperidine rings is 1. The second-order valence-corrected chi connectivity index (χ2v) is 9.16. The lowest BCUT2D eigenvalue weighted by molar-refractivity contribution is -0.137. The molecule has 3 aromatic rings. The van der Waals surface area contributed by atoms with Gasteiger partial charge in [0, 0.05) is 51.5 Å². The number of amides is 1. The van der Waals surface area contributed by atoms with Gasteiger partial charge in [-0.3, -0.25) is 9.69 Å². The SMILES string of the molecule is COc1cccc(N2CCN(C(=O)[C@H]3CCCN(Cc4nc5ccccc5n4C)C3)CC2)c1. The Balaban J connectivity index is 1.18. The van der Waals surface area contributed by atoms with Gasteiger partial charge in [-0.15, -0.1) is 0 Å². The number of imidazole rings is 1. The highest BCUT2D eigenvalue weighted by atomic mass is 16.5. The van der Waals surface area contributed by atoms with Gasteiger partial charge in [-0.1, -0.05) is 18.2 Å². The molecule has 0 radical (unpaired) electrons. The molecule has 3 heterocycles. The molecule has 2 aliphatic rings. The number of methoxy groups -OCH3 is 1. The summed E-state index contributed by atoms with van der Waals surface area (Å²) in [5.41, 5.74) is 3.35. The van der Waals surface area contributed by atoms with Gasteiger partial charge >= 0.3 is 0 Å². The average Bonchev–Trinajstić information content (AvgIpc) is 3.19. The monoisotopic (exact) mass is 447 g/mol. The minimum atomic E-state index is 0.0804. The van der Waals surface area contributed by atoms with E-state index in [4.69, 9.17) is 9.72 Å². The second kappa shape index (κ2) is 9.43. The topological polar surface area (TPSA) is 53.8 Å². The molecule has 0 spiro atoms. The molecule has 2 saturated heterocycles. The van der Waals surface area contributed by atoms with Crippen LogP contribution in [0.3, 0.4) is 0 Å². The van der Waals surface area contributed by atoms with Crippen LogP contribution >= 0.6 is 0 Å². The zero-order chi connectivity index (χ0) is 22.8. The van der Waals surface area contributed by atoms with Crippen molar-refractivity contribution in [3.05, 3.63) is 54.4 Å². The van der Waals surface area contributed by atoms with E-state index in [0.29, 0.717) is 5.91 Å². The zero-order valence-corrected chi connectivity index (χ0v) is 19.6. The van der Waals surface area contributed by atoms with E-state index in [1.807, 2.05) is 18.2 Å². The van der Waals surface area contributed by atoms with Crippen molar-refractivity contribution in [2.75, 3.05) is 51.3 Å². The molecule has 0 unspecified atom stereocenters. The lowest BCUT2D eigenvalue weighted by atomic mass is 9.96. The van der Waals surface area contributed by atoms with Crippen LogP contribution in [-0.2, 0) is 18.4 Å². The molecule has 7 heteroatoms. The van der Waals surface area contributed by atoms with Crippen molar-refractivity contribution in [2.24, 2.45) is 13.0 Å². The first-order valence-corrected chi connectivity index (χ1v) is 11.9. The Labute approximate surface area is 195 Å². The predicted molar refractivity (Wildman–Crippen MR) is 131 cm³/mol. The van der Waals surface area contributed by atoms with E-state index in [2.05, 4.69) is 56.6 Å². The number of anilines is 1. The van der Waals surface area contributed by atoms with Crippen LogP contribution in [0.1, 0.15) is 18.7 Å². The van der Waals surface area contributed by atoms with Crippen LogP contribution in [0, 0.1) is 5.92 Å². The molecule has 33 heavy (non-hydrogen) atoms. The summed E-state index contributed by atoms with van der Waals surface area (Å²) in [5.74, 6) is 2.33. The largest absolute Gasteiger partial charge is 0.497 e. The molecule has 1 atom stereocenters. The molecule has 0 aliphatic carbocycles. The maximum atomic E-state index is 13.3. The van der Waals surface area contributed by atoms with E-state index in [9.17, 15) is 4.79 Å². The van der Waals surface area contributed by atoms with Gasteiger partial charge in [0.25, 0.3) is 0 Å². The van der Waals surface area contributed by atoms with Crippen molar-refractivity contribution in [1.29, 1.82) is 0 Å². The molecule has 1 amide bonds. The molecule has 0 saturated carbocycles. The molecule has 2 fully saturated rings. The number of nitrogens with zero attached hydrogens (tertiary/aromatic N) is 5. The summed E-state index contributed by atoms with van der Waals surface area (Å²) in [6.45, 7) is 5.90. The smallest absolute Gasteiger partial charge is 0.227 e.